The maximum Gasteiger partial charge on any atom is 0.328 e. The van der Waals surface area contributed by atoms with Gasteiger partial charge in [0.2, 0.25) is 6.29 Å². The van der Waals surface area contributed by atoms with Gasteiger partial charge in [-0.05, 0) is 23.8 Å². The second kappa shape index (κ2) is 7.60. The van der Waals surface area contributed by atoms with E-state index in [1.54, 1.807) is 0 Å². The van der Waals surface area contributed by atoms with Gasteiger partial charge in [-0.15, -0.1) is 0 Å². The highest BCUT2D eigenvalue weighted by atomic mass is 16.7. The Balaban J connectivity index is 2.13. The van der Waals surface area contributed by atoms with E-state index >= 15 is 0 Å². The van der Waals surface area contributed by atoms with E-state index in [2.05, 4.69) is 0 Å². The van der Waals surface area contributed by atoms with Crippen molar-refractivity contribution in [3.05, 3.63) is 29.8 Å². The number of ether oxygens (including phenoxy) is 2. The van der Waals surface area contributed by atoms with Crippen LogP contribution in [0.1, 0.15) is 5.56 Å². The van der Waals surface area contributed by atoms with Crippen molar-refractivity contribution in [2.75, 3.05) is 6.61 Å². The number of aromatic hydroxyl groups is 1. The number of benzene rings is 1. The summed E-state index contributed by atoms with van der Waals surface area (Å²) in [4.78, 5) is 10.5. The molecule has 1 aromatic rings. The molecule has 1 aliphatic heterocycles. The minimum absolute atomic E-state index is 0.0909. The van der Waals surface area contributed by atoms with E-state index in [1.807, 2.05) is 0 Å². The highest BCUT2D eigenvalue weighted by Gasteiger charge is 2.44. The number of phenolic OH excluding ortho intramolecular Hbond substituents is 1. The van der Waals surface area contributed by atoms with Gasteiger partial charge in [0.25, 0.3) is 0 Å². The molecule has 0 spiro atoms. The van der Waals surface area contributed by atoms with Crippen LogP contribution in [0.3, 0.4) is 0 Å². The average molecular weight is 342 g/mol. The summed E-state index contributed by atoms with van der Waals surface area (Å²) in [5, 5.41) is 56.8. The van der Waals surface area contributed by atoms with Crippen LogP contribution in [0.2, 0.25) is 0 Å². The molecule has 1 heterocycles. The first-order chi connectivity index (χ1) is 11.3. The van der Waals surface area contributed by atoms with Crippen molar-refractivity contribution < 1.29 is 44.9 Å². The summed E-state index contributed by atoms with van der Waals surface area (Å²) in [5.41, 5.74) is 0.399. The summed E-state index contributed by atoms with van der Waals surface area (Å²) in [6.07, 6.45) is -5.11. The predicted octanol–water partition coefficient (Wildman–Crippen LogP) is -1.33. The van der Waals surface area contributed by atoms with Gasteiger partial charge in [-0.2, -0.15) is 0 Å². The molecule has 132 valence electrons. The van der Waals surface area contributed by atoms with E-state index in [-0.39, 0.29) is 11.5 Å². The number of aliphatic hydroxyl groups excluding tert-OH is 4. The topological polar surface area (TPSA) is 157 Å². The van der Waals surface area contributed by atoms with Gasteiger partial charge < -0.3 is 40.1 Å². The number of carboxylic acid groups (broad SMARTS) is 1. The molecule has 9 nitrogen and oxygen atoms in total. The highest BCUT2D eigenvalue weighted by molar-refractivity contribution is 5.85. The zero-order chi connectivity index (χ0) is 17.9. The number of hydrogen-bond acceptors (Lipinski definition) is 8. The number of rotatable bonds is 5. The minimum atomic E-state index is -1.60. The SMILES string of the molecule is O=C(O)C=Cc1ccc(O[C@H]2O[C@H](CO)[C@@H](O)[C@H](O)[C@H]2O)c(O)c1. The Hall–Kier alpha value is -2.17. The Morgan fingerprint density at radius 1 is 1.21 bits per heavy atom. The Labute approximate surface area is 136 Å². The number of aliphatic hydroxyl groups is 4. The minimum Gasteiger partial charge on any atom is -0.504 e. The van der Waals surface area contributed by atoms with E-state index < -0.39 is 43.3 Å². The molecule has 1 fully saturated rings. The van der Waals surface area contributed by atoms with Gasteiger partial charge in [-0.1, -0.05) is 6.07 Å². The molecule has 2 rings (SSSR count). The molecule has 0 radical (unpaired) electrons. The summed E-state index contributed by atoms with van der Waals surface area (Å²) >= 11 is 0. The third kappa shape index (κ3) is 4.02. The number of carboxylic acids is 1. The monoisotopic (exact) mass is 342 g/mol. The van der Waals surface area contributed by atoms with Crippen LogP contribution in [0.4, 0.5) is 0 Å². The van der Waals surface area contributed by atoms with Crippen molar-refractivity contribution >= 4 is 12.0 Å². The molecule has 1 aliphatic rings. The Morgan fingerprint density at radius 2 is 1.92 bits per heavy atom. The van der Waals surface area contributed by atoms with Gasteiger partial charge in [-0.25, -0.2) is 4.79 Å². The second-order valence-electron chi connectivity index (χ2n) is 5.21. The fourth-order valence-electron chi connectivity index (χ4n) is 2.20. The van der Waals surface area contributed by atoms with Crippen molar-refractivity contribution in [1.82, 2.24) is 0 Å². The van der Waals surface area contributed by atoms with Crippen molar-refractivity contribution in [1.29, 1.82) is 0 Å². The second-order valence-corrected chi connectivity index (χ2v) is 5.21. The van der Waals surface area contributed by atoms with Crippen LogP contribution < -0.4 is 4.74 Å². The van der Waals surface area contributed by atoms with E-state index in [1.165, 1.54) is 24.3 Å². The van der Waals surface area contributed by atoms with Crippen molar-refractivity contribution in [3.63, 3.8) is 0 Å². The third-order valence-corrected chi connectivity index (χ3v) is 3.49. The Kier molecular flexibility index (Phi) is 5.75. The molecular weight excluding hydrogens is 324 g/mol. The molecule has 0 aromatic heterocycles. The average Bonchev–Trinajstić information content (AvgIpc) is 2.55. The van der Waals surface area contributed by atoms with Crippen LogP contribution in [0.5, 0.6) is 11.5 Å². The van der Waals surface area contributed by atoms with Crippen molar-refractivity contribution in [2.45, 2.75) is 30.7 Å². The zero-order valence-electron chi connectivity index (χ0n) is 12.4. The van der Waals surface area contributed by atoms with Crippen LogP contribution in [-0.2, 0) is 9.53 Å². The number of aliphatic carboxylic acids is 1. The molecule has 0 amide bonds. The molecule has 5 atom stereocenters. The van der Waals surface area contributed by atoms with E-state index in [0.29, 0.717) is 5.56 Å². The summed E-state index contributed by atoms with van der Waals surface area (Å²) in [5.74, 6) is -1.58. The van der Waals surface area contributed by atoms with E-state index in [4.69, 9.17) is 19.7 Å². The standard InChI is InChI=1S/C15H18O9/c16-6-10-12(20)13(21)14(22)15(24-10)23-9-3-1-7(5-8(9)17)2-4-11(18)19/h1-5,10,12-17,20-22H,6H2,(H,18,19)/t10-,12-,13+,14-,15+/m1/s1. The molecule has 0 bridgehead atoms. The maximum atomic E-state index is 10.5. The van der Waals surface area contributed by atoms with Crippen LogP contribution in [0.25, 0.3) is 6.08 Å². The first kappa shape index (κ1) is 18.2. The summed E-state index contributed by atoms with van der Waals surface area (Å²) in [6.45, 7) is -0.601. The maximum absolute atomic E-state index is 10.5. The molecule has 0 aliphatic carbocycles. The molecule has 1 saturated heterocycles. The third-order valence-electron chi connectivity index (χ3n) is 3.49. The zero-order valence-corrected chi connectivity index (χ0v) is 12.4. The van der Waals surface area contributed by atoms with Crippen LogP contribution >= 0.6 is 0 Å². The van der Waals surface area contributed by atoms with Gasteiger partial charge in [-0.3, -0.25) is 0 Å². The van der Waals surface area contributed by atoms with Gasteiger partial charge in [0.15, 0.2) is 11.5 Å². The summed E-state index contributed by atoms with van der Waals surface area (Å²) < 4.78 is 10.4. The molecule has 0 saturated carbocycles. The number of phenols is 1. The lowest BCUT2D eigenvalue weighted by atomic mass is 9.99. The lowest BCUT2D eigenvalue weighted by Crippen LogP contribution is -2.60. The summed E-state index contributed by atoms with van der Waals surface area (Å²) in [6, 6.07) is 4.01. The molecule has 24 heavy (non-hydrogen) atoms. The smallest absolute Gasteiger partial charge is 0.328 e. The molecule has 0 unspecified atom stereocenters. The number of carbonyl (C=O) groups is 1. The summed E-state index contributed by atoms with van der Waals surface area (Å²) in [7, 11) is 0. The van der Waals surface area contributed by atoms with Crippen LogP contribution in [-0.4, -0.2) is 73.9 Å². The molecule has 6 N–H and O–H groups in total. The first-order valence-corrected chi connectivity index (χ1v) is 7.04. The largest absolute Gasteiger partial charge is 0.504 e. The predicted molar refractivity (Wildman–Crippen MR) is 79.2 cm³/mol. The molecule has 9 heteroatoms. The van der Waals surface area contributed by atoms with Gasteiger partial charge in [0, 0.05) is 6.08 Å². The van der Waals surface area contributed by atoms with Crippen LogP contribution in [0.15, 0.2) is 24.3 Å². The van der Waals surface area contributed by atoms with Crippen molar-refractivity contribution in [3.8, 4) is 11.5 Å². The Bertz CT molecular complexity index is 613. The fourth-order valence-corrected chi connectivity index (χ4v) is 2.20. The van der Waals surface area contributed by atoms with Crippen molar-refractivity contribution in [2.24, 2.45) is 0 Å². The first-order valence-electron chi connectivity index (χ1n) is 7.04. The normalized spacial score (nSPS) is 30.4. The quantitative estimate of drug-likeness (QED) is 0.357. The van der Waals surface area contributed by atoms with E-state index in [0.717, 1.165) is 6.08 Å². The lowest BCUT2D eigenvalue weighted by Gasteiger charge is -2.39. The molecule has 1 aromatic carbocycles. The van der Waals surface area contributed by atoms with Gasteiger partial charge in [0.1, 0.15) is 24.4 Å². The Morgan fingerprint density at radius 3 is 2.50 bits per heavy atom. The van der Waals surface area contributed by atoms with Gasteiger partial charge in [0.05, 0.1) is 6.61 Å². The highest BCUT2D eigenvalue weighted by Crippen LogP contribution is 2.31. The lowest BCUT2D eigenvalue weighted by molar-refractivity contribution is -0.277. The number of hydrogen-bond donors (Lipinski definition) is 6. The van der Waals surface area contributed by atoms with Gasteiger partial charge >= 0.3 is 5.97 Å². The fraction of sp³-hybridized carbons (Fsp3) is 0.400. The van der Waals surface area contributed by atoms with Crippen LogP contribution in [0, 0.1) is 0 Å². The van der Waals surface area contributed by atoms with E-state index in [9.17, 15) is 25.2 Å². The molecular formula is C15H18O9.